The minimum atomic E-state index is -4.25. The molecular weight excluding hydrogens is 601 g/mol. The summed E-state index contributed by atoms with van der Waals surface area (Å²) in [6, 6.07) is 22.2. The second kappa shape index (κ2) is 15.5. The maximum Gasteiger partial charge on any atom is 0.416 e. The number of nitro groups is 1. The molecule has 0 aliphatic carbocycles. The van der Waals surface area contributed by atoms with Crippen LogP contribution < -0.4 is 15.4 Å². The summed E-state index contributed by atoms with van der Waals surface area (Å²) in [5.41, 5.74) is 1.71. The minimum absolute atomic E-state index is 0.0620. The molecule has 3 aromatic rings. The Morgan fingerprint density at radius 3 is 2.26 bits per heavy atom. The van der Waals surface area contributed by atoms with Gasteiger partial charge in [0.2, 0.25) is 0 Å². The zero-order valence-corrected chi connectivity index (χ0v) is 25.6. The second-order valence-electron chi connectivity index (χ2n) is 11.0. The number of dihydropyridines is 1. The molecular formula is C34H37F3N4O5. The fourth-order valence-electron chi connectivity index (χ4n) is 5.63. The molecule has 1 atom stereocenters. The van der Waals surface area contributed by atoms with Crippen LogP contribution in [0.15, 0.2) is 102 Å². The number of hydrogen-bond donors (Lipinski definition) is 3. The van der Waals surface area contributed by atoms with Crippen molar-refractivity contribution in [3.8, 4) is 5.75 Å². The van der Waals surface area contributed by atoms with E-state index < -0.39 is 28.6 Å². The predicted molar refractivity (Wildman–Crippen MR) is 168 cm³/mol. The van der Waals surface area contributed by atoms with Gasteiger partial charge in [-0.1, -0.05) is 66.7 Å². The number of halogens is 3. The Balaban J connectivity index is 0.000000230. The van der Waals surface area contributed by atoms with E-state index in [9.17, 15) is 33.2 Å². The maximum atomic E-state index is 12.8. The van der Waals surface area contributed by atoms with Crippen LogP contribution in [0, 0.1) is 10.1 Å². The summed E-state index contributed by atoms with van der Waals surface area (Å²) in [4.78, 5) is 25.4. The Morgan fingerprint density at radius 1 is 0.978 bits per heavy atom. The summed E-state index contributed by atoms with van der Waals surface area (Å²) >= 11 is 0. The van der Waals surface area contributed by atoms with E-state index in [0.29, 0.717) is 41.2 Å². The van der Waals surface area contributed by atoms with Gasteiger partial charge in [0.15, 0.2) is 0 Å². The summed E-state index contributed by atoms with van der Waals surface area (Å²) in [6.07, 6.45) is -3.80. The van der Waals surface area contributed by atoms with Crippen LogP contribution in [0.25, 0.3) is 0 Å². The summed E-state index contributed by atoms with van der Waals surface area (Å²) < 4.78 is 44.3. The van der Waals surface area contributed by atoms with Gasteiger partial charge in [0, 0.05) is 44.0 Å². The predicted octanol–water partition coefficient (Wildman–Crippen LogP) is 5.97. The van der Waals surface area contributed by atoms with Gasteiger partial charge < -0.3 is 25.4 Å². The van der Waals surface area contributed by atoms with Gasteiger partial charge in [0.1, 0.15) is 18.3 Å². The zero-order valence-electron chi connectivity index (χ0n) is 25.6. The smallest absolute Gasteiger partial charge is 0.416 e. The van der Waals surface area contributed by atoms with Crippen molar-refractivity contribution in [1.29, 1.82) is 0 Å². The maximum absolute atomic E-state index is 12.8. The number of alkyl halides is 3. The van der Waals surface area contributed by atoms with Gasteiger partial charge in [-0.25, -0.2) is 4.79 Å². The van der Waals surface area contributed by atoms with Crippen molar-refractivity contribution < 1.29 is 32.7 Å². The largest absolute Gasteiger partial charge is 0.489 e. The number of allylic oxidation sites excluding steroid dienone is 3. The average molecular weight is 639 g/mol. The Kier molecular flexibility index (Phi) is 11.6. The molecule has 12 heteroatoms. The second-order valence-corrected chi connectivity index (χ2v) is 11.0. The van der Waals surface area contributed by atoms with Crippen molar-refractivity contribution in [2.75, 3.05) is 32.7 Å². The highest BCUT2D eigenvalue weighted by molar-refractivity contribution is 5.91. The van der Waals surface area contributed by atoms with Crippen molar-refractivity contribution in [2.45, 2.75) is 39.0 Å². The van der Waals surface area contributed by atoms with E-state index in [1.165, 1.54) is 6.07 Å². The normalized spacial score (nSPS) is 17.1. The molecule has 5 rings (SSSR count). The van der Waals surface area contributed by atoms with Crippen LogP contribution in [0.2, 0.25) is 0 Å². The van der Waals surface area contributed by atoms with E-state index >= 15 is 0 Å². The molecule has 0 saturated carbocycles. The first-order valence-corrected chi connectivity index (χ1v) is 14.9. The Labute approximate surface area is 265 Å². The molecule has 46 heavy (non-hydrogen) atoms. The monoisotopic (exact) mass is 638 g/mol. The van der Waals surface area contributed by atoms with Crippen LogP contribution in [0.4, 0.5) is 13.2 Å². The first-order valence-electron chi connectivity index (χ1n) is 14.9. The van der Waals surface area contributed by atoms with Gasteiger partial charge in [-0.2, -0.15) is 13.2 Å². The van der Waals surface area contributed by atoms with E-state index in [1.54, 1.807) is 50.2 Å². The number of benzene rings is 3. The van der Waals surface area contributed by atoms with Crippen LogP contribution in [-0.2, 0) is 24.0 Å². The van der Waals surface area contributed by atoms with Crippen LogP contribution in [0.3, 0.4) is 0 Å². The number of carbonyl (C=O) groups is 1. The summed E-state index contributed by atoms with van der Waals surface area (Å²) in [5.74, 6) is -1.84. The number of hydrogen-bond acceptors (Lipinski definition) is 7. The van der Waals surface area contributed by atoms with Crippen LogP contribution >= 0.6 is 0 Å². The number of carboxylic acid groups (broad SMARTS) is 1. The van der Waals surface area contributed by atoms with Crippen LogP contribution in [0.5, 0.6) is 5.75 Å². The lowest BCUT2D eigenvalue weighted by atomic mass is 9.83. The van der Waals surface area contributed by atoms with Crippen LogP contribution in [0.1, 0.15) is 42.0 Å². The van der Waals surface area contributed by atoms with E-state index in [4.69, 9.17) is 4.74 Å². The molecule has 2 aliphatic heterocycles. The first-order chi connectivity index (χ1) is 22.0. The fourth-order valence-corrected chi connectivity index (χ4v) is 5.63. The molecule has 0 aromatic heterocycles. The number of rotatable bonds is 9. The SMILES string of the molecule is CC1=C(C(=O)O)C(c2ccccc2OCc2ccccc2)C([N+](=O)[O-])=C(C)N1.FC(F)(F)c1ccccc1CCN1CCNCC1. The third-order valence-corrected chi connectivity index (χ3v) is 7.85. The van der Waals surface area contributed by atoms with Crippen molar-refractivity contribution in [2.24, 2.45) is 0 Å². The van der Waals surface area contributed by atoms with E-state index in [1.807, 2.05) is 30.3 Å². The molecule has 2 aliphatic rings. The molecule has 0 spiro atoms. The van der Waals surface area contributed by atoms with Gasteiger partial charge in [0.25, 0.3) is 5.70 Å². The topological polar surface area (TPSA) is 117 Å². The Morgan fingerprint density at radius 2 is 1.61 bits per heavy atom. The molecule has 3 aromatic carbocycles. The number of carboxylic acids is 1. The van der Waals surface area contributed by atoms with Gasteiger partial charge in [-0.05, 0) is 43.5 Å². The molecule has 0 amide bonds. The highest BCUT2D eigenvalue weighted by Gasteiger charge is 2.41. The van der Waals surface area contributed by atoms with E-state index in [0.717, 1.165) is 37.8 Å². The van der Waals surface area contributed by atoms with Crippen molar-refractivity contribution >= 4 is 5.97 Å². The third kappa shape index (κ3) is 8.73. The number of ether oxygens (including phenoxy) is 1. The van der Waals surface area contributed by atoms with Crippen LogP contribution in [-0.4, -0.2) is 53.6 Å². The Hall–Kier alpha value is -4.68. The number of piperazine rings is 1. The molecule has 1 unspecified atom stereocenters. The minimum Gasteiger partial charge on any atom is -0.489 e. The first kappa shape index (κ1) is 34.2. The van der Waals surface area contributed by atoms with Crippen molar-refractivity contribution in [3.05, 3.63) is 134 Å². The molecule has 0 radical (unpaired) electrons. The molecule has 0 bridgehead atoms. The van der Waals surface area contributed by atoms with E-state index in [-0.39, 0.29) is 17.9 Å². The Bertz CT molecular complexity index is 1550. The van der Waals surface area contributed by atoms with E-state index in [2.05, 4.69) is 15.5 Å². The highest BCUT2D eigenvalue weighted by Crippen LogP contribution is 2.42. The van der Waals surface area contributed by atoms with Gasteiger partial charge in [0.05, 0.1) is 21.8 Å². The molecule has 1 fully saturated rings. The van der Waals surface area contributed by atoms with Gasteiger partial charge >= 0.3 is 12.1 Å². The summed E-state index contributed by atoms with van der Waals surface area (Å²) in [6.45, 7) is 7.79. The summed E-state index contributed by atoms with van der Waals surface area (Å²) in [5, 5.41) is 27.5. The third-order valence-electron chi connectivity index (χ3n) is 7.85. The average Bonchev–Trinajstić information content (AvgIpc) is 3.03. The highest BCUT2D eigenvalue weighted by atomic mass is 19.4. The van der Waals surface area contributed by atoms with Crippen molar-refractivity contribution in [3.63, 3.8) is 0 Å². The molecule has 9 nitrogen and oxygen atoms in total. The lowest BCUT2D eigenvalue weighted by Crippen LogP contribution is -2.44. The lowest BCUT2D eigenvalue weighted by Gasteiger charge is -2.27. The number of para-hydroxylation sites is 1. The fraction of sp³-hybridized carbons (Fsp3) is 0.324. The van der Waals surface area contributed by atoms with Gasteiger partial charge in [-0.3, -0.25) is 10.1 Å². The molecule has 244 valence electrons. The standard InChI is InChI=1S/C21H20N2O5.C13H17F3N2/c1-13-18(21(24)25)19(20(23(26)27)14(2)22-13)16-10-6-7-11-17(16)28-12-15-8-4-3-5-9-15;14-13(15,16)12-4-2-1-3-11(12)5-8-18-9-6-17-7-10-18/h3-11,19,22H,12H2,1-2H3,(H,24,25);1-4,17H,5-10H2. The van der Waals surface area contributed by atoms with Gasteiger partial charge in [-0.15, -0.1) is 0 Å². The quantitative estimate of drug-likeness (QED) is 0.194. The number of nitrogens with zero attached hydrogens (tertiary/aromatic N) is 2. The molecule has 3 N–H and O–H groups in total. The summed E-state index contributed by atoms with van der Waals surface area (Å²) in [7, 11) is 0. The lowest BCUT2D eigenvalue weighted by molar-refractivity contribution is -0.431. The molecule has 1 saturated heterocycles. The number of nitrogens with one attached hydrogen (secondary N) is 2. The van der Waals surface area contributed by atoms with Crippen molar-refractivity contribution in [1.82, 2.24) is 15.5 Å². The zero-order chi connectivity index (χ0) is 33.3. The molecule has 2 heterocycles. The number of aliphatic carboxylic acids is 1.